The van der Waals surface area contributed by atoms with Gasteiger partial charge in [0, 0.05) is 20.1 Å². The van der Waals surface area contributed by atoms with Gasteiger partial charge in [0.2, 0.25) is 10.0 Å². The van der Waals surface area contributed by atoms with Crippen molar-refractivity contribution in [3.63, 3.8) is 0 Å². The summed E-state index contributed by atoms with van der Waals surface area (Å²) in [6.07, 6.45) is 1.41. The second kappa shape index (κ2) is 9.82. The lowest BCUT2D eigenvalue weighted by molar-refractivity contribution is -0.133. The van der Waals surface area contributed by atoms with Crippen LogP contribution in [0.1, 0.15) is 15.9 Å². The number of hydrogen-bond acceptors (Lipinski definition) is 5. The number of sulfonamides is 1. The molecule has 0 aliphatic carbocycles. The Hall–Kier alpha value is -2.97. The number of nitrogens with one attached hydrogen (secondary N) is 1. The molecule has 0 aliphatic heterocycles. The standard InChI is InChI=1S/C20H22N2O5S/c1-3-12-21-28(25,26)18-11-7-10-17(13-18)20(24)27-15-19(23)22(2)14-16-8-5-4-6-9-16/h3-11,13,21H,1,12,14-15H2,2H3. The van der Waals surface area contributed by atoms with Crippen LogP contribution in [-0.2, 0) is 26.1 Å². The van der Waals surface area contributed by atoms with E-state index < -0.39 is 22.6 Å². The molecule has 2 aromatic carbocycles. The molecule has 0 atom stereocenters. The second-order valence-electron chi connectivity index (χ2n) is 5.98. The van der Waals surface area contributed by atoms with Crippen molar-refractivity contribution in [1.82, 2.24) is 9.62 Å². The summed E-state index contributed by atoms with van der Waals surface area (Å²) in [7, 11) is -2.15. The Balaban J connectivity index is 1.96. The summed E-state index contributed by atoms with van der Waals surface area (Å²) in [5.41, 5.74) is 0.995. The average Bonchev–Trinajstić information content (AvgIpc) is 2.71. The molecule has 148 valence electrons. The van der Waals surface area contributed by atoms with Crippen molar-refractivity contribution in [3.8, 4) is 0 Å². The van der Waals surface area contributed by atoms with E-state index in [0.717, 1.165) is 5.56 Å². The smallest absolute Gasteiger partial charge is 0.338 e. The molecule has 0 saturated carbocycles. The normalized spacial score (nSPS) is 10.9. The SMILES string of the molecule is C=CCNS(=O)(=O)c1cccc(C(=O)OCC(=O)N(C)Cc2ccccc2)c1. The summed E-state index contributed by atoms with van der Waals surface area (Å²) in [4.78, 5) is 25.7. The van der Waals surface area contributed by atoms with E-state index in [1.807, 2.05) is 30.3 Å². The average molecular weight is 402 g/mol. The molecule has 0 heterocycles. The lowest BCUT2D eigenvalue weighted by atomic mass is 10.2. The molecular weight excluding hydrogens is 380 g/mol. The third-order valence-electron chi connectivity index (χ3n) is 3.81. The number of benzene rings is 2. The van der Waals surface area contributed by atoms with Gasteiger partial charge in [-0.25, -0.2) is 17.9 Å². The van der Waals surface area contributed by atoms with Gasteiger partial charge in [0.15, 0.2) is 6.61 Å². The molecule has 2 rings (SSSR count). The van der Waals surface area contributed by atoms with Gasteiger partial charge in [-0.15, -0.1) is 6.58 Å². The Morgan fingerprint density at radius 3 is 2.54 bits per heavy atom. The molecule has 0 fully saturated rings. The van der Waals surface area contributed by atoms with Crippen LogP contribution in [0.2, 0.25) is 0 Å². The van der Waals surface area contributed by atoms with Crippen molar-refractivity contribution in [2.24, 2.45) is 0 Å². The third-order valence-corrected chi connectivity index (χ3v) is 5.23. The summed E-state index contributed by atoms with van der Waals surface area (Å²) in [6, 6.07) is 14.8. The first-order valence-electron chi connectivity index (χ1n) is 8.49. The van der Waals surface area contributed by atoms with Gasteiger partial charge in [-0.1, -0.05) is 42.5 Å². The molecule has 1 N–H and O–H groups in total. The lowest BCUT2D eigenvalue weighted by Crippen LogP contribution is -2.30. The molecule has 0 aliphatic rings. The number of rotatable bonds is 9. The molecule has 0 aromatic heterocycles. The highest BCUT2D eigenvalue weighted by Crippen LogP contribution is 2.12. The van der Waals surface area contributed by atoms with Crippen LogP contribution in [0.5, 0.6) is 0 Å². The van der Waals surface area contributed by atoms with Crippen LogP contribution in [0.4, 0.5) is 0 Å². The molecule has 0 radical (unpaired) electrons. The Morgan fingerprint density at radius 2 is 1.86 bits per heavy atom. The number of esters is 1. The van der Waals surface area contributed by atoms with Gasteiger partial charge in [0.05, 0.1) is 10.5 Å². The molecule has 28 heavy (non-hydrogen) atoms. The van der Waals surface area contributed by atoms with E-state index >= 15 is 0 Å². The van der Waals surface area contributed by atoms with Gasteiger partial charge in [0.1, 0.15) is 0 Å². The fourth-order valence-electron chi connectivity index (χ4n) is 2.31. The fraction of sp³-hybridized carbons (Fsp3) is 0.200. The number of ether oxygens (including phenoxy) is 1. The molecule has 2 aromatic rings. The quantitative estimate of drug-likeness (QED) is 0.511. The molecule has 0 unspecified atom stereocenters. The van der Waals surface area contributed by atoms with Crippen molar-refractivity contribution < 1.29 is 22.7 Å². The predicted octanol–water partition coefficient (Wildman–Crippen LogP) is 1.97. The zero-order valence-electron chi connectivity index (χ0n) is 15.5. The Morgan fingerprint density at radius 1 is 1.14 bits per heavy atom. The first-order chi connectivity index (χ1) is 13.3. The molecule has 0 bridgehead atoms. The highest BCUT2D eigenvalue weighted by Gasteiger charge is 2.18. The minimum Gasteiger partial charge on any atom is -0.452 e. The van der Waals surface area contributed by atoms with E-state index in [9.17, 15) is 18.0 Å². The fourth-order valence-corrected chi connectivity index (χ4v) is 3.35. The topological polar surface area (TPSA) is 92.8 Å². The molecule has 8 heteroatoms. The monoisotopic (exact) mass is 402 g/mol. The lowest BCUT2D eigenvalue weighted by Gasteiger charge is -2.17. The maximum atomic E-state index is 12.2. The predicted molar refractivity (Wildman–Crippen MR) is 105 cm³/mol. The largest absolute Gasteiger partial charge is 0.452 e. The maximum absolute atomic E-state index is 12.2. The molecule has 7 nitrogen and oxygen atoms in total. The Labute approximate surface area is 164 Å². The molecule has 0 saturated heterocycles. The van der Waals surface area contributed by atoms with Crippen LogP contribution in [-0.4, -0.2) is 45.4 Å². The minimum atomic E-state index is -3.76. The van der Waals surface area contributed by atoms with Crippen LogP contribution < -0.4 is 4.72 Å². The van der Waals surface area contributed by atoms with Crippen molar-refractivity contribution >= 4 is 21.9 Å². The number of amides is 1. The molecule has 0 spiro atoms. The number of likely N-dealkylation sites (N-methyl/N-ethyl adjacent to an activating group) is 1. The van der Waals surface area contributed by atoms with Crippen LogP contribution in [0, 0.1) is 0 Å². The zero-order chi connectivity index (χ0) is 20.6. The van der Waals surface area contributed by atoms with E-state index in [2.05, 4.69) is 11.3 Å². The van der Waals surface area contributed by atoms with Crippen molar-refractivity contribution in [2.45, 2.75) is 11.4 Å². The van der Waals surface area contributed by atoms with E-state index in [-0.39, 0.29) is 22.9 Å². The Kier molecular flexibility index (Phi) is 7.48. The zero-order valence-corrected chi connectivity index (χ0v) is 16.3. The van der Waals surface area contributed by atoms with Crippen LogP contribution in [0.25, 0.3) is 0 Å². The first-order valence-corrected chi connectivity index (χ1v) is 9.97. The van der Waals surface area contributed by atoms with Gasteiger partial charge in [-0.05, 0) is 23.8 Å². The number of carbonyl (C=O) groups is 2. The van der Waals surface area contributed by atoms with Gasteiger partial charge < -0.3 is 9.64 Å². The minimum absolute atomic E-state index is 0.0417. The van der Waals surface area contributed by atoms with E-state index in [4.69, 9.17) is 4.74 Å². The second-order valence-corrected chi connectivity index (χ2v) is 7.75. The van der Waals surface area contributed by atoms with Crippen molar-refractivity contribution in [2.75, 3.05) is 20.2 Å². The highest BCUT2D eigenvalue weighted by atomic mass is 32.2. The van der Waals surface area contributed by atoms with Gasteiger partial charge in [-0.2, -0.15) is 0 Å². The van der Waals surface area contributed by atoms with Crippen LogP contribution >= 0.6 is 0 Å². The summed E-state index contributed by atoms with van der Waals surface area (Å²) >= 11 is 0. The van der Waals surface area contributed by atoms with Crippen molar-refractivity contribution in [3.05, 3.63) is 78.4 Å². The van der Waals surface area contributed by atoms with E-state index in [0.29, 0.717) is 6.54 Å². The summed E-state index contributed by atoms with van der Waals surface area (Å²) in [6.45, 7) is 3.47. The number of nitrogens with zero attached hydrogens (tertiary/aromatic N) is 1. The number of hydrogen-bond donors (Lipinski definition) is 1. The summed E-state index contributed by atoms with van der Waals surface area (Å²) < 4.78 is 31.6. The third kappa shape index (κ3) is 6.04. The van der Waals surface area contributed by atoms with Gasteiger partial charge in [-0.3, -0.25) is 4.79 Å². The van der Waals surface area contributed by atoms with Gasteiger partial charge in [0.25, 0.3) is 5.91 Å². The molecular formula is C20H22N2O5S. The molecule has 1 amide bonds. The highest BCUT2D eigenvalue weighted by molar-refractivity contribution is 7.89. The Bertz CT molecular complexity index is 942. The summed E-state index contributed by atoms with van der Waals surface area (Å²) in [5.74, 6) is -1.14. The van der Waals surface area contributed by atoms with Crippen LogP contribution in [0.3, 0.4) is 0 Å². The summed E-state index contributed by atoms with van der Waals surface area (Å²) in [5, 5.41) is 0. The van der Waals surface area contributed by atoms with Crippen LogP contribution in [0.15, 0.2) is 72.1 Å². The first kappa shape index (κ1) is 21.3. The van der Waals surface area contributed by atoms with Gasteiger partial charge >= 0.3 is 5.97 Å². The van der Waals surface area contributed by atoms with E-state index in [1.54, 1.807) is 7.05 Å². The van der Waals surface area contributed by atoms with E-state index in [1.165, 1.54) is 35.2 Å². The maximum Gasteiger partial charge on any atom is 0.338 e. The number of carbonyl (C=O) groups excluding carboxylic acids is 2. The van der Waals surface area contributed by atoms with Crippen molar-refractivity contribution in [1.29, 1.82) is 0 Å².